The molecule has 1 nitrogen and oxygen atoms in total. The average molecular weight is 362 g/mol. The highest BCUT2D eigenvalue weighted by Crippen LogP contribution is 2.38. The van der Waals surface area contributed by atoms with Crippen LogP contribution in [-0.4, -0.2) is 12.8 Å². The molecule has 0 saturated carbocycles. The van der Waals surface area contributed by atoms with Crippen LogP contribution < -0.4 is 4.72 Å². The Morgan fingerprint density at radius 2 is 1.79 bits per heavy atom. The van der Waals surface area contributed by atoms with E-state index in [0.29, 0.717) is 5.41 Å². The summed E-state index contributed by atoms with van der Waals surface area (Å²) >= 11 is 3.72. The van der Waals surface area contributed by atoms with Crippen molar-refractivity contribution in [2.45, 2.75) is 53.4 Å². The molecular weight excluding hydrogens is 330 g/mol. The summed E-state index contributed by atoms with van der Waals surface area (Å²) in [4.78, 5) is 3.05. The molecule has 132 valence electrons. The van der Waals surface area contributed by atoms with Crippen molar-refractivity contribution >= 4 is 23.3 Å². The second-order valence-electron chi connectivity index (χ2n) is 7.59. The van der Waals surface area contributed by atoms with E-state index in [1.54, 1.807) is 22.4 Å². The van der Waals surface area contributed by atoms with E-state index in [4.69, 9.17) is 0 Å². The van der Waals surface area contributed by atoms with Crippen LogP contribution in [0.5, 0.6) is 0 Å². The molecule has 1 aromatic carbocycles. The van der Waals surface area contributed by atoms with Gasteiger partial charge >= 0.3 is 0 Å². The Balaban J connectivity index is 2.22. The van der Waals surface area contributed by atoms with Gasteiger partial charge < -0.3 is 0 Å². The Hall–Kier alpha value is -0.770. The summed E-state index contributed by atoms with van der Waals surface area (Å²) in [5.41, 5.74) is 4.86. The molecule has 0 saturated heterocycles. The van der Waals surface area contributed by atoms with Crippen molar-refractivity contribution in [1.82, 2.24) is 4.72 Å². The molecule has 2 rings (SSSR count). The minimum absolute atomic E-state index is 0.429. The van der Waals surface area contributed by atoms with Crippen LogP contribution in [0, 0.1) is 12.3 Å². The van der Waals surface area contributed by atoms with Crippen LogP contribution in [0.15, 0.2) is 30.3 Å². The molecule has 0 bridgehead atoms. The Bertz CT molecular complexity index is 623. The zero-order chi connectivity index (χ0) is 17.6. The highest BCUT2D eigenvalue weighted by Gasteiger charge is 2.17. The lowest BCUT2D eigenvalue weighted by Crippen LogP contribution is -2.08. The summed E-state index contributed by atoms with van der Waals surface area (Å²) in [7, 11) is 0. The third-order valence-corrected chi connectivity index (χ3v) is 6.29. The van der Waals surface area contributed by atoms with E-state index >= 15 is 0 Å². The van der Waals surface area contributed by atoms with E-state index in [0.717, 1.165) is 13.0 Å². The van der Waals surface area contributed by atoms with E-state index in [-0.39, 0.29) is 0 Å². The van der Waals surface area contributed by atoms with Crippen LogP contribution in [-0.2, 0) is 12.8 Å². The first kappa shape index (κ1) is 19.6. The van der Waals surface area contributed by atoms with E-state index in [1.165, 1.54) is 35.3 Å². The van der Waals surface area contributed by atoms with Crippen molar-refractivity contribution in [3.63, 3.8) is 0 Å². The summed E-state index contributed by atoms with van der Waals surface area (Å²) in [6, 6.07) is 10.9. The van der Waals surface area contributed by atoms with Crippen molar-refractivity contribution in [2.24, 2.45) is 5.41 Å². The highest BCUT2D eigenvalue weighted by molar-refractivity contribution is 7.96. The van der Waals surface area contributed by atoms with Gasteiger partial charge in [0.2, 0.25) is 0 Å². The quantitative estimate of drug-likeness (QED) is 0.425. The molecule has 0 unspecified atom stereocenters. The molecule has 0 amide bonds. The number of thiophene rings is 1. The van der Waals surface area contributed by atoms with Gasteiger partial charge in [-0.15, -0.1) is 11.3 Å². The predicted octanol–water partition coefficient (Wildman–Crippen LogP) is 6.50. The molecule has 0 atom stereocenters. The fourth-order valence-electron chi connectivity index (χ4n) is 3.02. The molecule has 2 aromatic rings. The number of aryl methyl sites for hydroxylation is 1. The van der Waals surface area contributed by atoms with Gasteiger partial charge in [0.15, 0.2) is 0 Å². The second kappa shape index (κ2) is 9.07. The molecular formula is C21H31NS2. The van der Waals surface area contributed by atoms with E-state index < -0.39 is 0 Å². The Morgan fingerprint density at radius 3 is 2.42 bits per heavy atom. The molecule has 0 spiro atoms. The van der Waals surface area contributed by atoms with Crippen molar-refractivity contribution in [1.29, 1.82) is 0 Å². The number of benzene rings is 1. The summed E-state index contributed by atoms with van der Waals surface area (Å²) < 4.78 is 3.40. The van der Waals surface area contributed by atoms with Crippen LogP contribution in [0.4, 0.5) is 0 Å². The first-order valence-corrected chi connectivity index (χ1v) is 10.9. The molecule has 0 aliphatic carbocycles. The molecule has 0 aliphatic rings. The normalized spacial score (nSPS) is 11.9. The number of hydrogen-bond acceptors (Lipinski definition) is 3. The van der Waals surface area contributed by atoms with Crippen molar-refractivity contribution < 1.29 is 0 Å². The van der Waals surface area contributed by atoms with Crippen LogP contribution >= 0.6 is 23.3 Å². The van der Waals surface area contributed by atoms with Crippen molar-refractivity contribution in [2.75, 3.05) is 12.8 Å². The van der Waals surface area contributed by atoms with Gasteiger partial charge in [0.25, 0.3) is 0 Å². The van der Waals surface area contributed by atoms with Crippen LogP contribution in [0.2, 0.25) is 0 Å². The first-order valence-electron chi connectivity index (χ1n) is 8.85. The summed E-state index contributed by atoms with van der Waals surface area (Å²) in [6.07, 6.45) is 6.97. The summed E-state index contributed by atoms with van der Waals surface area (Å²) in [5.74, 6) is 0. The van der Waals surface area contributed by atoms with Crippen LogP contribution in [0.3, 0.4) is 0 Å². The molecule has 1 N–H and O–H groups in total. The zero-order valence-corrected chi connectivity index (χ0v) is 17.4. The second-order valence-corrected chi connectivity index (χ2v) is 9.39. The maximum Gasteiger partial charge on any atom is 0.0380 e. The van der Waals surface area contributed by atoms with Crippen molar-refractivity contribution in [3.05, 3.63) is 46.3 Å². The third kappa shape index (κ3) is 5.65. The van der Waals surface area contributed by atoms with Crippen LogP contribution in [0.1, 0.15) is 49.6 Å². The topological polar surface area (TPSA) is 12.0 Å². The average Bonchev–Trinajstić information content (AvgIpc) is 2.84. The lowest BCUT2D eigenvalue weighted by atomic mass is 9.89. The minimum Gasteiger partial charge on any atom is -0.264 e. The molecule has 24 heavy (non-hydrogen) atoms. The van der Waals surface area contributed by atoms with Gasteiger partial charge in [-0.25, -0.2) is 0 Å². The standard InChI is InChI=1S/C21H31NS2/c1-16-18(13-15-22-23-5)20(17-10-7-6-8-11-17)24-19(16)12-9-14-21(2,3)4/h6-8,10-11,22H,9,12-15H2,1-5H3. The Morgan fingerprint density at radius 1 is 1.08 bits per heavy atom. The van der Waals surface area contributed by atoms with Crippen molar-refractivity contribution in [3.8, 4) is 10.4 Å². The van der Waals surface area contributed by atoms with Gasteiger partial charge in [-0.2, -0.15) is 0 Å². The molecule has 1 heterocycles. The maximum atomic E-state index is 3.40. The van der Waals surface area contributed by atoms with Gasteiger partial charge in [0.1, 0.15) is 0 Å². The Labute approximate surface area is 156 Å². The fraction of sp³-hybridized carbons (Fsp3) is 0.524. The lowest BCUT2D eigenvalue weighted by molar-refractivity contribution is 0.366. The van der Waals surface area contributed by atoms with Gasteiger partial charge in [-0.3, -0.25) is 4.72 Å². The van der Waals surface area contributed by atoms with E-state index in [1.807, 2.05) is 11.3 Å². The molecule has 0 radical (unpaired) electrons. The molecule has 1 aromatic heterocycles. The predicted molar refractivity (Wildman–Crippen MR) is 112 cm³/mol. The van der Waals surface area contributed by atoms with Gasteiger partial charge in [-0.05, 0) is 61.0 Å². The summed E-state index contributed by atoms with van der Waals surface area (Å²) in [6.45, 7) is 10.4. The van der Waals surface area contributed by atoms with Crippen LogP contribution in [0.25, 0.3) is 10.4 Å². The SMILES string of the molecule is CSNCCc1c(-c2ccccc2)sc(CCCC(C)(C)C)c1C. The number of rotatable bonds is 8. The number of nitrogens with one attached hydrogen (secondary N) is 1. The highest BCUT2D eigenvalue weighted by atomic mass is 32.2. The monoisotopic (exact) mass is 361 g/mol. The third-order valence-electron chi connectivity index (χ3n) is 4.36. The fourth-order valence-corrected chi connectivity index (χ4v) is 4.73. The molecule has 0 fully saturated rings. The number of hydrogen-bond donors (Lipinski definition) is 1. The summed E-state index contributed by atoms with van der Waals surface area (Å²) in [5, 5.41) is 0. The van der Waals surface area contributed by atoms with Gasteiger partial charge in [0.05, 0.1) is 0 Å². The van der Waals surface area contributed by atoms with Gasteiger partial charge in [-0.1, -0.05) is 63.1 Å². The van der Waals surface area contributed by atoms with E-state index in [2.05, 4.69) is 69.0 Å². The zero-order valence-electron chi connectivity index (χ0n) is 15.7. The smallest absolute Gasteiger partial charge is 0.0380 e. The largest absolute Gasteiger partial charge is 0.264 e. The Kier molecular flexibility index (Phi) is 7.39. The lowest BCUT2D eigenvalue weighted by Gasteiger charge is -2.17. The molecule has 3 heteroatoms. The van der Waals surface area contributed by atoms with Gasteiger partial charge in [0, 0.05) is 16.3 Å². The minimum atomic E-state index is 0.429. The molecule has 0 aliphatic heterocycles. The van der Waals surface area contributed by atoms with E-state index in [9.17, 15) is 0 Å². The maximum absolute atomic E-state index is 3.40. The first-order chi connectivity index (χ1) is 11.4.